The summed E-state index contributed by atoms with van der Waals surface area (Å²) in [4.78, 5) is 14.3. The lowest BCUT2D eigenvalue weighted by Gasteiger charge is -2.33. The molecule has 2 aromatic rings. The molecule has 7 heteroatoms. The van der Waals surface area contributed by atoms with Gasteiger partial charge in [0.1, 0.15) is 6.33 Å². The Morgan fingerprint density at radius 3 is 2.91 bits per heavy atom. The van der Waals surface area contributed by atoms with Crippen molar-refractivity contribution < 1.29 is 4.79 Å². The van der Waals surface area contributed by atoms with Crippen LogP contribution in [0.3, 0.4) is 0 Å². The largest absolute Gasteiger partial charge is 0.331 e. The van der Waals surface area contributed by atoms with Crippen molar-refractivity contribution in [1.29, 1.82) is 0 Å². The summed E-state index contributed by atoms with van der Waals surface area (Å²) in [5.41, 5.74) is 1.01. The Kier molecular flexibility index (Phi) is 4.36. The van der Waals surface area contributed by atoms with Crippen LogP contribution in [0.25, 0.3) is 0 Å². The van der Waals surface area contributed by atoms with E-state index in [-0.39, 0.29) is 11.9 Å². The summed E-state index contributed by atoms with van der Waals surface area (Å²) in [6, 6.07) is 5.43. The summed E-state index contributed by atoms with van der Waals surface area (Å²) in [6.07, 6.45) is 2.80. The first-order valence-electron chi connectivity index (χ1n) is 7.17. The van der Waals surface area contributed by atoms with E-state index in [1.54, 1.807) is 12.4 Å². The van der Waals surface area contributed by atoms with E-state index in [0.717, 1.165) is 17.9 Å². The Bertz CT molecular complexity index is 701. The lowest BCUT2D eigenvalue weighted by molar-refractivity contribution is -0.134. The first kappa shape index (κ1) is 15.3. The molecule has 2 heterocycles. The minimum atomic E-state index is -0.0439. The third kappa shape index (κ3) is 2.96. The van der Waals surface area contributed by atoms with E-state index < -0.39 is 0 Å². The van der Waals surface area contributed by atoms with Crippen LogP contribution >= 0.6 is 23.2 Å². The van der Waals surface area contributed by atoms with Gasteiger partial charge < -0.3 is 9.47 Å². The van der Waals surface area contributed by atoms with Gasteiger partial charge >= 0.3 is 0 Å². The van der Waals surface area contributed by atoms with Gasteiger partial charge in [0.15, 0.2) is 5.82 Å². The minimum absolute atomic E-state index is 0.0439. The number of halogens is 2. The Labute approximate surface area is 138 Å². The molecule has 0 saturated carbocycles. The number of fused-ring (bicyclic) bond motifs is 1. The zero-order valence-electron chi connectivity index (χ0n) is 12.2. The molecular formula is C15H16Cl2N4O. The van der Waals surface area contributed by atoms with Gasteiger partial charge in [-0.2, -0.15) is 0 Å². The van der Waals surface area contributed by atoms with E-state index in [1.165, 1.54) is 0 Å². The fraction of sp³-hybridized carbons (Fsp3) is 0.400. The molecule has 0 saturated heterocycles. The van der Waals surface area contributed by atoms with Crippen molar-refractivity contribution in [2.24, 2.45) is 0 Å². The molecule has 1 aromatic carbocycles. The number of hydrogen-bond acceptors (Lipinski definition) is 3. The normalized spacial score (nSPS) is 17.4. The predicted octanol–water partition coefficient (Wildman–Crippen LogP) is 3.12. The maximum Gasteiger partial charge on any atom is 0.223 e. The number of aromatic nitrogens is 3. The van der Waals surface area contributed by atoms with Gasteiger partial charge in [-0.1, -0.05) is 29.3 Å². The third-order valence-corrected chi connectivity index (χ3v) is 4.74. The highest BCUT2D eigenvalue weighted by Crippen LogP contribution is 2.25. The monoisotopic (exact) mass is 338 g/mol. The van der Waals surface area contributed by atoms with E-state index >= 15 is 0 Å². The average molecular weight is 339 g/mol. The van der Waals surface area contributed by atoms with Gasteiger partial charge in [-0.15, -0.1) is 10.2 Å². The average Bonchev–Trinajstić information content (AvgIpc) is 2.98. The SMILES string of the molecule is C[C@@H]1c2nncn2CCN1C(=O)CCc1ccc(Cl)c(Cl)c1. The molecule has 5 nitrogen and oxygen atoms in total. The van der Waals surface area contributed by atoms with Crippen LogP contribution in [0.4, 0.5) is 0 Å². The van der Waals surface area contributed by atoms with Crippen LogP contribution in [-0.4, -0.2) is 32.1 Å². The lowest BCUT2D eigenvalue weighted by atomic mass is 10.1. The number of benzene rings is 1. The highest BCUT2D eigenvalue weighted by molar-refractivity contribution is 6.42. The number of hydrogen-bond donors (Lipinski definition) is 0. The quantitative estimate of drug-likeness (QED) is 0.863. The van der Waals surface area contributed by atoms with Gasteiger partial charge in [0.25, 0.3) is 0 Å². The summed E-state index contributed by atoms with van der Waals surface area (Å²) in [5.74, 6) is 0.960. The Hall–Kier alpha value is -1.59. The van der Waals surface area contributed by atoms with Crippen LogP contribution < -0.4 is 0 Å². The van der Waals surface area contributed by atoms with E-state index in [1.807, 2.05) is 28.5 Å². The highest BCUT2D eigenvalue weighted by Gasteiger charge is 2.28. The molecular weight excluding hydrogens is 323 g/mol. The number of carbonyl (C=O) groups excluding carboxylic acids is 1. The van der Waals surface area contributed by atoms with Crippen LogP contribution in [0.1, 0.15) is 30.8 Å². The number of rotatable bonds is 3. The Balaban J connectivity index is 1.64. The van der Waals surface area contributed by atoms with E-state index in [2.05, 4.69) is 10.2 Å². The summed E-state index contributed by atoms with van der Waals surface area (Å²) < 4.78 is 1.99. The van der Waals surface area contributed by atoms with E-state index in [0.29, 0.717) is 29.4 Å². The molecule has 1 aromatic heterocycles. The van der Waals surface area contributed by atoms with Gasteiger partial charge in [-0.3, -0.25) is 4.79 Å². The summed E-state index contributed by atoms with van der Waals surface area (Å²) in [5, 5.41) is 9.05. The summed E-state index contributed by atoms with van der Waals surface area (Å²) in [7, 11) is 0. The van der Waals surface area contributed by atoms with Crippen molar-refractivity contribution >= 4 is 29.1 Å². The second kappa shape index (κ2) is 6.26. The third-order valence-electron chi connectivity index (χ3n) is 4.00. The van der Waals surface area contributed by atoms with Crippen LogP contribution in [0.15, 0.2) is 24.5 Å². The van der Waals surface area contributed by atoms with E-state index in [9.17, 15) is 4.79 Å². The molecule has 1 atom stereocenters. The maximum atomic E-state index is 12.5. The van der Waals surface area contributed by atoms with Gasteiger partial charge in [0, 0.05) is 19.5 Å². The van der Waals surface area contributed by atoms with Gasteiger partial charge in [0.2, 0.25) is 5.91 Å². The number of aryl methyl sites for hydroxylation is 1. The van der Waals surface area contributed by atoms with Crippen molar-refractivity contribution in [2.45, 2.75) is 32.4 Å². The second-order valence-electron chi connectivity index (χ2n) is 5.39. The standard InChI is InChI=1S/C15H16Cl2N4O/c1-10-15-19-18-9-20(15)6-7-21(10)14(22)5-3-11-2-4-12(16)13(17)8-11/h2,4,8-10H,3,5-7H2,1H3/t10-/m1/s1. The van der Waals surface area contributed by atoms with Crippen LogP contribution in [0.2, 0.25) is 10.0 Å². The smallest absolute Gasteiger partial charge is 0.223 e. The summed E-state index contributed by atoms with van der Waals surface area (Å²) in [6.45, 7) is 3.41. The molecule has 0 bridgehead atoms. The Morgan fingerprint density at radius 2 is 2.14 bits per heavy atom. The molecule has 3 rings (SSSR count). The zero-order chi connectivity index (χ0) is 15.7. The topological polar surface area (TPSA) is 51.0 Å². The first-order chi connectivity index (χ1) is 10.6. The molecule has 116 valence electrons. The molecule has 0 spiro atoms. The highest BCUT2D eigenvalue weighted by atomic mass is 35.5. The van der Waals surface area contributed by atoms with Gasteiger partial charge in [-0.05, 0) is 31.0 Å². The lowest BCUT2D eigenvalue weighted by Crippen LogP contribution is -2.41. The molecule has 22 heavy (non-hydrogen) atoms. The molecule has 1 aliphatic rings. The fourth-order valence-electron chi connectivity index (χ4n) is 2.74. The zero-order valence-corrected chi connectivity index (χ0v) is 13.7. The molecule has 0 radical (unpaired) electrons. The number of carbonyl (C=O) groups is 1. The van der Waals surface area contributed by atoms with Crippen molar-refractivity contribution in [3.05, 3.63) is 46.0 Å². The minimum Gasteiger partial charge on any atom is -0.331 e. The maximum absolute atomic E-state index is 12.5. The molecule has 0 N–H and O–H groups in total. The van der Waals surface area contributed by atoms with Crippen molar-refractivity contribution in [1.82, 2.24) is 19.7 Å². The first-order valence-corrected chi connectivity index (χ1v) is 7.93. The van der Waals surface area contributed by atoms with Gasteiger partial charge in [0.05, 0.1) is 16.1 Å². The molecule has 1 aliphatic heterocycles. The Morgan fingerprint density at radius 1 is 1.32 bits per heavy atom. The van der Waals surface area contributed by atoms with E-state index in [4.69, 9.17) is 23.2 Å². The number of nitrogens with zero attached hydrogens (tertiary/aromatic N) is 4. The number of amides is 1. The molecule has 0 fully saturated rings. The predicted molar refractivity (Wildman–Crippen MR) is 84.9 cm³/mol. The van der Waals surface area contributed by atoms with Crippen molar-refractivity contribution in [3.63, 3.8) is 0 Å². The van der Waals surface area contributed by atoms with Crippen molar-refractivity contribution in [2.75, 3.05) is 6.54 Å². The van der Waals surface area contributed by atoms with Gasteiger partial charge in [-0.25, -0.2) is 0 Å². The molecule has 0 unspecified atom stereocenters. The fourth-order valence-corrected chi connectivity index (χ4v) is 3.06. The molecule has 0 aliphatic carbocycles. The van der Waals surface area contributed by atoms with Crippen LogP contribution in [0.5, 0.6) is 0 Å². The van der Waals surface area contributed by atoms with Crippen LogP contribution in [-0.2, 0) is 17.8 Å². The van der Waals surface area contributed by atoms with Crippen molar-refractivity contribution in [3.8, 4) is 0 Å². The molecule has 1 amide bonds. The van der Waals surface area contributed by atoms with Crippen LogP contribution in [0, 0.1) is 0 Å². The summed E-state index contributed by atoms with van der Waals surface area (Å²) >= 11 is 11.9. The second-order valence-corrected chi connectivity index (χ2v) is 6.21.